The van der Waals surface area contributed by atoms with Crippen molar-refractivity contribution in [3.05, 3.63) is 18.2 Å². The molecular formula is C15H24N4O2. The Bertz CT molecular complexity index is 490. The Balaban J connectivity index is 1.46. The zero-order valence-electron chi connectivity index (χ0n) is 12.5. The van der Waals surface area contributed by atoms with E-state index in [9.17, 15) is 9.90 Å². The number of likely N-dealkylation sites (tertiary alicyclic amines) is 1. The van der Waals surface area contributed by atoms with Gasteiger partial charge in [-0.15, -0.1) is 0 Å². The van der Waals surface area contributed by atoms with Crippen LogP contribution >= 0.6 is 0 Å². The van der Waals surface area contributed by atoms with Crippen molar-refractivity contribution >= 4 is 5.91 Å². The van der Waals surface area contributed by atoms with E-state index in [1.807, 2.05) is 17.8 Å². The SMILES string of the molecule is Cn1ccnc1C(O)C1CCN(CC(=O)NC2CC2)CC1. The molecule has 6 nitrogen and oxygen atoms in total. The number of aliphatic hydroxyl groups is 1. The molecule has 0 spiro atoms. The van der Waals surface area contributed by atoms with Crippen LogP contribution in [-0.4, -0.2) is 51.1 Å². The Morgan fingerprint density at radius 1 is 1.43 bits per heavy atom. The second-order valence-electron chi connectivity index (χ2n) is 6.30. The fraction of sp³-hybridized carbons (Fsp3) is 0.733. The summed E-state index contributed by atoms with van der Waals surface area (Å²) in [5.41, 5.74) is 0. The molecule has 1 unspecified atom stereocenters. The van der Waals surface area contributed by atoms with Gasteiger partial charge in [0.2, 0.25) is 5.91 Å². The maximum absolute atomic E-state index is 11.8. The molecule has 3 rings (SSSR count). The molecule has 0 radical (unpaired) electrons. The van der Waals surface area contributed by atoms with Gasteiger partial charge < -0.3 is 15.0 Å². The lowest BCUT2D eigenvalue weighted by atomic mass is 9.90. The molecule has 1 saturated carbocycles. The summed E-state index contributed by atoms with van der Waals surface area (Å²) in [7, 11) is 1.91. The largest absolute Gasteiger partial charge is 0.385 e. The van der Waals surface area contributed by atoms with Crippen LogP contribution in [0, 0.1) is 5.92 Å². The van der Waals surface area contributed by atoms with Gasteiger partial charge >= 0.3 is 0 Å². The van der Waals surface area contributed by atoms with Crippen LogP contribution in [0.2, 0.25) is 0 Å². The lowest BCUT2D eigenvalue weighted by Gasteiger charge is -2.33. The van der Waals surface area contributed by atoms with Crippen molar-refractivity contribution in [3.63, 3.8) is 0 Å². The third kappa shape index (κ3) is 3.63. The van der Waals surface area contributed by atoms with E-state index >= 15 is 0 Å². The molecule has 1 aliphatic heterocycles. The molecule has 0 aromatic carbocycles. The molecule has 1 atom stereocenters. The van der Waals surface area contributed by atoms with Crippen LogP contribution in [0.5, 0.6) is 0 Å². The zero-order chi connectivity index (χ0) is 14.8. The number of imidazole rings is 1. The van der Waals surface area contributed by atoms with Gasteiger partial charge in [0, 0.05) is 25.5 Å². The first-order valence-electron chi connectivity index (χ1n) is 7.80. The van der Waals surface area contributed by atoms with Gasteiger partial charge in [0.25, 0.3) is 0 Å². The van der Waals surface area contributed by atoms with E-state index in [2.05, 4.69) is 15.2 Å². The van der Waals surface area contributed by atoms with E-state index in [-0.39, 0.29) is 11.8 Å². The van der Waals surface area contributed by atoms with Crippen molar-refractivity contribution in [1.82, 2.24) is 19.8 Å². The first kappa shape index (κ1) is 14.5. The van der Waals surface area contributed by atoms with Crippen LogP contribution < -0.4 is 5.32 Å². The van der Waals surface area contributed by atoms with E-state index in [0.29, 0.717) is 12.6 Å². The summed E-state index contributed by atoms with van der Waals surface area (Å²) in [6, 6.07) is 0.431. The maximum atomic E-state index is 11.8. The van der Waals surface area contributed by atoms with E-state index in [1.165, 1.54) is 0 Å². The minimum Gasteiger partial charge on any atom is -0.385 e. The first-order chi connectivity index (χ1) is 10.1. The highest BCUT2D eigenvalue weighted by Crippen LogP contribution is 2.29. The predicted octanol–water partition coefficient (Wildman–Crippen LogP) is 0.444. The van der Waals surface area contributed by atoms with Gasteiger partial charge in [-0.1, -0.05) is 0 Å². The van der Waals surface area contributed by atoms with Gasteiger partial charge in [-0.25, -0.2) is 4.98 Å². The fourth-order valence-electron chi connectivity index (χ4n) is 3.00. The number of nitrogens with one attached hydrogen (secondary N) is 1. The molecule has 2 heterocycles. The van der Waals surface area contributed by atoms with Crippen LogP contribution in [0.3, 0.4) is 0 Å². The van der Waals surface area contributed by atoms with Crippen molar-refractivity contribution in [1.29, 1.82) is 0 Å². The Morgan fingerprint density at radius 2 is 2.14 bits per heavy atom. The Hall–Kier alpha value is -1.40. The average Bonchev–Trinajstić information content (AvgIpc) is 3.17. The first-order valence-corrected chi connectivity index (χ1v) is 7.80. The Morgan fingerprint density at radius 3 is 2.71 bits per heavy atom. The number of aromatic nitrogens is 2. The van der Waals surface area contributed by atoms with Crippen molar-refractivity contribution in [2.75, 3.05) is 19.6 Å². The Labute approximate surface area is 125 Å². The molecule has 1 aromatic rings. The summed E-state index contributed by atoms with van der Waals surface area (Å²) in [6.07, 6.45) is 7.14. The molecule has 1 saturated heterocycles. The maximum Gasteiger partial charge on any atom is 0.234 e. The molecule has 1 aromatic heterocycles. The topological polar surface area (TPSA) is 70.4 Å². The summed E-state index contributed by atoms with van der Waals surface area (Å²) < 4.78 is 1.88. The quantitative estimate of drug-likeness (QED) is 0.826. The molecule has 2 N–H and O–H groups in total. The molecule has 1 aliphatic carbocycles. The molecular weight excluding hydrogens is 268 g/mol. The number of amides is 1. The molecule has 1 amide bonds. The molecule has 2 aliphatic rings. The smallest absolute Gasteiger partial charge is 0.234 e. The second-order valence-corrected chi connectivity index (χ2v) is 6.30. The average molecular weight is 292 g/mol. The number of rotatable bonds is 5. The number of carbonyl (C=O) groups is 1. The summed E-state index contributed by atoms with van der Waals surface area (Å²) in [4.78, 5) is 18.2. The zero-order valence-corrected chi connectivity index (χ0v) is 12.5. The number of hydrogen-bond donors (Lipinski definition) is 2. The van der Waals surface area contributed by atoms with Crippen molar-refractivity contribution in [2.45, 2.75) is 37.8 Å². The van der Waals surface area contributed by atoms with E-state index in [0.717, 1.165) is 44.6 Å². The van der Waals surface area contributed by atoms with Crippen molar-refractivity contribution in [2.24, 2.45) is 13.0 Å². The normalized spacial score (nSPS) is 22.2. The predicted molar refractivity (Wildman–Crippen MR) is 78.5 cm³/mol. The van der Waals surface area contributed by atoms with Gasteiger partial charge in [0.05, 0.1) is 6.54 Å². The van der Waals surface area contributed by atoms with Gasteiger partial charge in [0.1, 0.15) is 11.9 Å². The molecule has 116 valence electrons. The molecule has 0 bridgehead atoms. The van der Waals surface area contributed by atoms with Crippen molar-refractivity contribution in [3.8, 4) is 0 Å². The Kier molecular flexibility index (Phi) is 4.26. The number of hydrogen-bond acceptors (Lipinski definition) is 4. The molecule has 21 heavy (non-hydrogen) atoms. The lowest BCUT2D eigenvalue weighted by Crippen LogP contribution is -2.43. The van der Waals surface area contributed by atoms with Crippen molar-refractivity contribution < 1.29 is 9.90 Å². The summed E-state index contributed by atoms with van der Waals surface area (Å²) in [5, 5.41) is 13.5. The molecule has 6 heteroatoms. The van der Waals surface area contributed by atoms with Gasteiger partial charge in [-0.05, 0) is 44.7 Å². The highest BCUT2D eigenvalue weighted by atomic mass is 16.3. The van der Waals surface area contributed by atoms with Gasteiger partial charge in [-0.3, -0.25) is 9.69 Å². The highest BCUT2D eigenvalue weighted by Gasteiger charge is 2.30. The van der Waals surface area contributed by atoms with Crippen LogP contribution in [0.25, 0.3) is 0 Å². The lowest BCUT2D eigenvalue weighted by molar-refractivity contribution is -0.122. The van der Waals surface area contributed by atoms with Crippen LogP contribution in [0.15, 0.2) is 12.4 Å². The number of carbonyl (C=O) groups excluding carboxylic acids is 1. The van der Waals surface area contributed by atoms with Crippen LogP contribution in [0.1, 0.15) is 37.6 Å². The third-order valence-electron chi connectivity index (χ3n) is 4.51. The fourth-order valence-corrected chi connectivity index (χ4v) is 3.00. The van der Waals surface area contributed by atoms with Gasteiger partial charge in [-0.2, -0.15) is 0 Å². The van der Waals surface area contributed by atoms with E-state index in [4.69, 9.17) is 0 Å². The second kappa shape index (κ2) is 6.15. The monoisotopic (exact) mass is 292 g/mol. The van der Waals surface area contributed by atoms with E-state index in [1.54, 1.807) is 6.20 Å². The highest BCUT2D eigenvalue weighted by molar-refractivity contribution is 5.78. The standard InChI is InChI=1S/C15H24N4O2/c1-18-9-6-16-15(18)14(21)11-4-7-19(8-5-11)10-13(20)17-12-2-3-12/h6,9,11-12,14,21H,2-5,7-8,10H2,1H3,(H,17,20). The number of aliphatic hydroxyl groups excluding tert-OH is 1. The summed E-state index contributed by atoms with van der Waals surface area (Å²) >= 11 is 0. The number of aryl methyl sites for hydroxylation is 1. The minimum absolute atomic E-state index is 0.139. The summed E-state index contributed by atoms with van der Waals surface area (Å²) in [5.74, 6) is 1.11. The van der Waals surface area contributed by atoms with E-state index < -0.39 is 6.10 Å². The van der Waals surface area contributed by atoms with Crippen LogP contribution in [-0.2, 0) is 11.8 Å². The number of piperidine rings is 1. The third-order valence-corrected chi connectivity index (χ3v) is 4.51. The minimum atomic E-state index is -0.507. The van der Waals surface area contributed by atoms with Crippen LogP contribution in [0.4, 0.5) is 0 Å². The summed E-state index contributed by atoms with van der Waals surface area (Å²) in [6.45, 7) is 2.22. The molecule has 2 fully saturated rings. The number of nitrogens with zero attached hydrogens (tertiary/aromatic N) is 3. The van der Waals surface area contributed by atoms with Gasteiger partial charge in [0.15, 0.2) is 0 Å².